The molecule has 20 heavy (non-hydrogen) atoms. The number of benzene rings is 2. The Morgan fingerprint density at radius 1 is 0.900 bits per heavy atom. The summed E-state index contributed by atoms with van der Waals surface area (Å²) < 4.78 is 2.30. The summed E-state index contributed by atoms with van der Waals surface area (Å²) in [6.07, 6.45) is 2.17. The first-order chi connectivity index (χ1) is 9.72. The second-order valence-corrected chi connectivity index (χ2v) is 5.36. The summed E-state index contributed by atoms with van der Waals surface area (Å²) in [5, 5.41) is 4.79. The van der Waals surface area contributed by atoms with Gasteiger partial charge < -0.3 is 9.88 Å². The fraction of sp³-hybridized carbons (Fsp3) is 0.222. The SMILES string of the molecule is Cc1ccc(NCCn2ccc3cc(C)ccc32)cc1. The summed E-state index contributed by atoms with van der Waals surface area (Å²) in [5.41, 5.74) is 5.10. The third-order valence-corrected chi connectivity index (χ3v) is 3.66. The first-order valence-corrected chi connectivity index (χ1v) is 7.08. The number of nitrogens with zero attached hydrogens (tertiary/aromatic N) is 1. The minimum absolute atomic E-state index is 0.931. The van der Waals surface area contributed by atoms with Crippen molar-refractivity contribution in [3.63, 3.8) is 0 Å². The van der Waals surface area contributed by atoms with Crippen molar-refractivity contribution >= 4 is 16.6 Å². The average molecular weight is 264 g/mol. The average Bonchev–Trinajstić information content (AvgIpc) is 2.83. The van der Waals surface area contributed by atoms with Crippen LogP contribution >= 0.6 is 0 Å². The molecule has 0 amide bonds. The van der Waals surface area contributed by atoms with Crippen molar-refractivity contribution in [3.8, 4) is 0 Å². The van der Waals surface area contributed by atoms with Gasteiger partial charge in [-0.2, -0.15) is 0 Å². The first-order valence-electron chi connectivity index (χ1n) is 7.08. The van der Waals surface area contributed by atoms with E-state index in [1.807, 2.05) is 0 Å². The molecule has 0 bridgehead atoms. The molecular formula is C18H20N2. The lowest BCUT2D eigenvalue weighted by atomic mass is 10.2. The zero-order valence-electron chi connectivity index (χ0n) is 12.1. The molecule has 2 heteroatoms. The molecule has 0 aliphatic carbocycles. The number of aromatic nitrogens is 1. The molecule has 0 aliphatic rings. The third-order valence-electron chi connectivity index (χ3n) is 3.66. The Morgan fingerprint density at radius 3 is 2.45 bits per heavy atom. The van der Waals surface area contributed by atoms with Crippen LogP contribution < -0.4 is 5.32 Å². The van der Waals surface area contributed by atoms with Gasteiger partial charge in [0, 0.05) is 30.5 Å². The first kappa shape index (κ1) is 12.8. The van der Waals surface area contributed by atoms with Crippen molar-refractivity contribution in [2.75, 3.05) is 11.9 Å². The lowest BCUT2D eigenvalue weighted by molar-refractivity contribution is 0.757. The van der Waals surface area contributed by atoms with E-state index in [0.29, 0.717) is 0 Å². The molecule has 0 aliphatic heterocycles. The zero-order valence-corrected chi connectivity index (χ0v) is 12.1. The number of anilines is 1. The van der Waals surface area contributed by atoms with E-state index in [9.17, 15) is 0 Å². The molecule has 0 atom stereocenters. The summed E-state index contributed by atoms with van der Waals surface area (Å²) >= 11 is 0. The molecule has 3 rings (SSSR count). The minimum atomic E-state index is 0.931. The second kappa shape index (κ2) is 5.41. The minimum Gasteiger partial charge on any atom is -0.383 e. The Kier molecular flexibility index (Phi) is 3.46. The molecule has 0 fully saturated rings. The van der Waals surface area contributed by atoms with Crippen LogP contribution in [0.3, 0.4) is 0 Å². The van der Waals surface area contributed by atoms with Crippen molar-refractivity contribution < 1.29 is 0 Å². The predicted octanol–water partition coefficient (Wildman–Crippen LogP) is 4.37. The summed E-state index contributed by atoms with van der Waals surface area (Å²) in [5.74, 6) is 0. The maximum Gasteiger partial charge on any atom is 0.0481 e. The van der Waals surface area contributed by atoms with E-state index in [1.54, 1.807) is 0 Å². The monoisotopic (exact) mass is 264 g/mol. The molecule has 1 N–H and O–H groups in total. The highest BCUT2D eigenvalue weighted by Crippen LogP contribution is 2.17. The quantitative estimate of drug-likeness (QED) is 0.740. The third kappa shape index (κ3) is 2.69. The van der Waals surface area contributed by atoms with Gasteiger partial charge in [-0.1, -0.05) is 29.3 Å². The summed E-state index contributed by atoms with van der Waals surface area (Å²) in [4.78, 5) is 0. The molecule has 0 spiro atoms. The fourth-order valence-electron chi connectivity index (χ4n) is 2.51. The Labute approximate surface area is 120 Å². The second-order valence-electron chi connectivity index (χ2n) is 5.36. The van der Waals surface area contributed by atoms with Crippen molar-refractivity contribution in [2.24, 2.45) is 0 Å². The molecule has 1 heterocycles. The van der Waals surface area contributed by atoms with Gasteiger partial charge in [-0.25, -0.2) is 0 Å². The molecule has 0 radical (unpaired) electrons. The molecule has 2 aromatic carbocycles. The summed E-state index contributed by atoms with van der Waals surface area (Å²) in [7, 11) is 0. The number of aryl methyl sites for hydroxylation is 2. The Balaban J connectivity index is 1.66. The van der Waals surface area contributed by atoms with E-state index in [-0.39, 0.29) is 0 Å². The van der Waals surface area contributed by atoms with Gasteiger partial charge in [0.05, 0.1) is 0 Å². The van der Waals surface area contributed by atoms with Crippen LogP contribution in [-0.2, 0) is 6.54 Å². The van der Waals surface area contributed by atoms with Crippen LogP contribution in [0.4, 0.5) is 5.69 Å². The van der Waals surface area contributed by atoms with Crippen LogP contribution in [-0.4, -0.2) is 11.1 Å². The van der Waals surface area contributed by atoms with E-state index in [4.69, 9.17) is 0 Å². The molecule has 1 aromatic heterocycles. The topological polar surface area (TPSA) is 17.0 Å². The van der Waals surface area contributed by atoms with Crippen LogP contribution in [0.25, 0.3) is 10.9 Å². The van der Waals surface area contributed by atoms with Gasteiger partial charge >= 0.3 is 0 Å². The van der Waals surface area contributed by atoms with Crippen LogP contribution in [0.1, 0.15) is 11.1 Å². The number of fused-ring (bicyclic) bond motifs is 1. The lowest BCUT2D eigenvalue weighted by Crippen LogP contribution is -2.09. The summed E-state index contributed by atoms with van der Waals surface area (Å²) in [6, 6.07) is 17.3. The number of rotatable bonds is 4. The van der Waals surface area contributed by atoms with Crippen molar-refractivity contribution in [3.05, 3.63) is 65.9 Å². The van der Waals surface area contributed by atoms with Gasteiger partial charge in [-0.05, 0) is 49.6 Å². The van der Waals surface area contributed by atoms with Gasteiger partial charge in [0.15, 0.2) is 0 Å². The van der Waals surface area contributed by atoms with E-state index in [1.165, 1.54) is 27.7 Å². The Morgan fingerprint density at radius 2 is 1.65 bits per heavy atom. The van der Waals surface area contributed by atoms with E-state index < -0.39 is 0 Å². The zero-order chi connectivity index (χ0) is 13.9. The maximum atomic E-state index is 3.47. The smallest absolute Gasteiger partial charge is 0.0481 e. The van der Waals surface area contributed by atoms with E-state index in [2.05, 4.69) is 78.5 Å². The van der Waals surface area contributed by atoms with Gasteiger partial charge in [-0.15, -0.1) is 0 Å². The molecule has 0 saturated carbocycles. The normalized spacial score (nSPS) is 10.9. The largest absolute Gasteiger partial charge is 0.383 e. The predicted molar refractivity (Wildman–Crippen MR) is 86.3 cm³/mol. The molecule has 2 nitrogen and oxygen atoms in total. The highest BCUT2D eigenvalue weighted by Gasteiger charge is 2.00. The number of hydrogen-bond acceptors (Lipinski definition) is 1. The van der Waals surface area contributed by atoms with Gasteiger partial charge in [-0.3, -0.25) is 0 Å². The highest BCUT2D eigenvalue weighted by molar-refractivity contribution is 5.80. The Bertz CT molecular complexity index is 708. The molecule has 0 unspecified atom stereocenters. The van der Waals surface area contributed by atoms with Gasteiger partial charge in [0.1, 0.15) is 0 Å². The van der Waals surface area contributed by atoms with Crippen LogP contribution in [0, 0.1) is 13.8 Å². The van der Waals surface area contributed by atoms with Crippen molar-refractivity contribution in [1.82, 2.24) is 4.57 Å². The van der Waals surface area contributed by atoms with Crippen molar-refractivity contribution in [2.45, 2.75) is 20.4 Å². The lowest BCUT2D eigenvalue weighted by Gasteiger charge is -2.09. The Hall–Kier alpha value is -2.22. The van der Waals surface area contributed by atoms with E-state index in [0.717, 1.165) is 13.1 Å². The molecule has 102 valence electrons. The van der Waals surface area contributed by atoms with Crippen LogP contribution in [0.2, 0.25) is 0 Å². The fourth-order valence-corrected chi connectivity index (χ4v) is 2.51. The molecule has 0 saturated heterocycles. The van der Waals surface area contributed by atoms with Gasteiger partial charge in [0.25, 0.3) is 0 Å². The summed E-state index contributed by atoms with van der Waals surface area (Å²) in [6.45, 7) is 6.15. The molecule has 3 aromatic rings. The maximum absolute atomic E-state index is 3.47. The molecular weight excluding hydrogens is 244 g/mol. The standard InChI is InChI=1S/C18H20N2/c1-14-3-6-17(7-4-14)19-10-12-20-11-9-16-13-15(2)5-8-18(16)20/h3-9,11,13,19H,10,12H2,1-2H3. The highest BCUT2D eigenvalue weighted by atomic mass is 15.0. The van der Waals surface area contributed by atoms with Crippen LogP contribution in [0.15, 0.2) is 54.7 Å². The van der Waals surface area contributed by atoms with Gasteiger partial charge in [0.2, 0.25) is 0 Å². The number of nitrogens with one attached hydrogen (secondary N) is 1. The number of hydrogen-bond donors (Lipinski definition) is 1. The van der Waals surface area contributed by atoms with Crippen LogP contribution in [0.5, 0.6) is 0 Å². The van der Waals surface area contributed by atoms with Crippen molar-refractivity contribution in [1.29, 1.82) is 0 Å². The van der Waals surface area contributed by atoms with E-state index >= 15 is 0 Å².